The molecule has 210 valence electrons. The maximum absolute atomic E-state index is 6.56. The first-order chi connectivity index (χ1) is 22.1. The van der Waals surface area contributed by atoms with Crippen molar-refractivity contribution < 1.29 is 4.42 Å². The quantitative estimate of drug-likeness (QED) is 0.191. The zero-order chi connectivity index (χ0) is 29.6. The molecule has 0 saturated carbocycles. The predicted molar refractivity (Wildman–Crippen MR) is 188 cm³/mol. The standard InChI is InChI=1S/C43H27NO/c1-43(2)34-15-6-3-10-24(34)32-22-33-25-11-4-7-16-36(25)44(38(33)23-35(32)43)37-21-20-27-28-18-19-29-26-12-5-8-17-39(26)45-42(29)41(28)31-14-9-13-30(37)40(27)31/h3-23H,1-2H3. The number of furan rings is 1. The lowest BCUT2D eigenvalue weighted by Gasteiger charge is -2.22. The SMILES string of the molecule is CC1(C)c2ccccc2-c2cc3c4ccccc4n(-c4ccc5c6c(cccc46)-c4c-5ccc5c4oc4ccccc45)c3cc21. The van der Waals surface area contributed by atoms with E-state index in [1.807, 2.05) is 6.07 Å². The largest absolute Gasteiger partial charge is 0.455 e. The number of hydrogen-bond acceptors (Lipinski definition) is 1. The van der Waals surface area contributed by atoms with Gasteiger partial charge in [0.2, 0.25) is 0 Å². The molecule has 0 spiro atoms. The fourth-order valence-electron chi connectivity index (χ4n) is 8.72. The maximum atomic E-state index is 6.56. The highest BCUT2D eigenvalue weighted by Gasteiger charge is 2.36. The van der Waals surface area contributed by atoms with Crippen molar-refractivity contribution in [3.8, 4) is 39.1 Å². The summed E-state index contributed by atoms with van der Waals surface area (Å²) >= 11 is 0. The van der Waals surface area contributed by atoms with E-state index in [0.29, 0.717) is 0 Å². The van der Waals surface area contributed by atoms with E-state index in [2.05, 4.69) is 140 Å². The van der Waals surface area contributed by atoms with Crippen LogP contribution in [0.15, 0.2) is 132 Å². The third kappa shape index (κ3) is 2.78. The van der Waals surface area contributed by atoms with Crippen LogP contribution in [0, 0.1) is 0 Å². The van der Waals surface area contributed by atoms with E-state index in [9.17, 15) is 0 Å². The summed E-state index contributed by atoms with van der Waals surface area (Å²) in [6.45, 7) is 4.73. The zero-order valence-electron chi connectivity index (χ0n) is 25.0. The van der Waals surface area contributed by atoms with Gasteiger partial charge >= 0.3 is 0 Å². The van der Waals surface area contributed by atoms with Crippen LogP contribution >= 0.6 is 0 Å². The van der Waals surface area contributed by atoms with Crippen LogP contribution in [0.2, 0.25) is 0 Å². The van der Waals surface area contributed by atoms with Crippen molar-refractivity contribution in [2.45, 2.75) is 19.3 Å². The van der Waals surface area contributed by atoms with Gasteiger partial charge in [0.15, 0.2) is 0 Å². The molecule has 0 aliphatic heterocycles. The van der Waals surface area contributed by atoms with Crippen molar-refractivity contribution in [3.63, 3.8) is 0 Å². The van der Waals surface area contributed by atoms with Crippen LogP contribution in [0.5, 0.6) is 0 Å². The molecule has 2 nitrogen and oxygen atoms in total. The van der Waals surface area contributed by atoms with Gasteiger partial charge in [-0.1, -0.05) is 105 Å². The minimum absolute atomic E-state index is 0.0665. The molecule has 0 unspecified atom stereocenters. The first kappa shape index (κ1) is 23.8. The number of aromatic nitrogens is 1. The summed E-state index contributed by atoms with van der Waals surface area (Å²) in [5.41, 5.74) is 16.1. The molecule has 0 bridgehead atoms. The summed E-state index contributed by atoms with van der Waals surface area (Å²) in [7, 11) is 0. The third-order valence-corrected chi connectivity index (χ3v) is 10.7. The van der Waals surface area contributed by atoms with E-state index < -0.39 is 0 Å². The van der Waals surface area contributed by atoms with Gasteiger partial charge in [-0.3, -0.25) is 0 Å². The smallest absolute Gasteiger partial charge is 0.143 e. The topological polar surface area (TPSA) is 18.1 Å². The highest BCUT2D eigenvalue weighted by atomic mass is 16.3. The highest BCUT2D eigenvalue weighted by molar-refractivity contribution is 6.24. The van der Waals surface area contributed by atoms with Crippen LogP contribution in [-0.2, 0) is 5.41 Å². The van der Waals surface area contributed by atoms with Gasteiger partial charge in [-0.25, -0.2) is 0 Å². The fraction of sp³-hybridized carbons (Fsp3) is 0.0698. The second-order valence-corrected chi connectivity index (χ2v) is 13.3. The molecular formula is C43H27NO. The lowest BCUT2D eigenvalue weighted by atomic mass is 9.82. The summed E-state index contributed by atoms with van der Waals surface area (Å²) < 4.78 is 9.07. The van der Waals surface area contributed by atoms with Crippen LogP contribution in [0.4, 0.5) is 0 Å². The van der Waals surface area contributed by atoms with Gasteiger partial charge < -0.3 is 8.98 Å². The molecule has 2 aromatic heterocycles. The normalized spacial score (nSPS) is 14.2. The molecular weight excluding hydrogens is 546 g/mol. The van der Waals surface area contributed by atoms with E-state index in [1.54, 1.807) is 0 Å². The van der Waals surface area contributed by atoms with Crippen molar-refractivity contribution in [2.75, 3.05) is 0 Å². The van der Waals surface area contributed by atoms with Gasteiger partial charge in [-0.2, -0.15) is 0 Å². The minimum Gasteiger partial charge on any atom is -0.455 e. The second kappa shape index (κ2) is 7.91. The second-order valence-electron chi connectivity index (χ2n) is 13.3. The van der Waals surface area contributed by atoms with Crippen LogP contribution in [0.25, 0.3) is 93.6 Å². The van der Waals surface area contributed by atoms with E-state index >= 15 is 0 Å². The first-order valence-electron chi connectivity index (χ1n) is 15.8. The Bertz CT molecular complexity index is 2790. The number of rotatable bonds is 1. The maximum Gasteiger partial charge on any atom is 0.143 e. The molecule has 0 N–H and O–H groups in total. The Balaban J connectivity index is 1.23. The molecule has 0 fully saturated rings. The molecule has 2 aliphatic carbocycles. The highest BCUT2D eigenvalue weighted by Crippen LogP contribution is 2.54. The van der Waals surface area contributed by atoms with Crippen molar-refractivity contribution >= 4 is 54.5 Å². The van der Waals surface area contributed by atoms with Gasteiger partial charge in [-0.15, -0.1) is 0 Å². The Kier molecular flexibility index (Phi) is 4.19. The lowest BCUT2D eigenvalue weighted by Crippen LogP contribution is -2.15. The molecule has 0 radical (unpaired) electrons. The zero-order valence-corrected chi connectivity index (χ0v) is 25.0. The van der Waals surface area contributed by atoms with Gasteiger partial charge in [0.25, 0.3) is 0 Å². The van der Waals surface area contributed by atoms with E-state index in [4.69, 9.17) is 4.42 Å². The number of benzene rings is 7. The average Bonchev–Trinajstić information content (AvgIpc) is 3.78. The summed E-state index contributed by atoms with van der Waals surface area (Å²) in [6, 6.07) is 47.1. The molecule has 0 amide bonds. The number of fused-ring (bicyclic) bond motifs is 13. The molecule has 0 atom stereocenters. The van der Waals surface area contributed by atoms with Crippen LogP contribution in [-0.4, -0.2) is 4.57 Å². The molecule has 2 aliphatic rings. The molecule has 9 aromatic rings. The molecule has 7 aromatic carbocycles. The van der Waals surface area contributed by atoms with Crippen LogP contribution < -0.4 is 0 Å². The predicted octanol–water partition coefficient (Wildman–Crippen LogP) is 11.8. The molecule has 45 heavy (non-hydrogen) atoms. The van der Waals surface area contributed by atoms with Crippen molar-refractivity contribution in [1.82, 2.24) is 4.57 Å². The van der Waals surface area contributed by atoms with Gasteiger partial charge in [-0.05, 0) is 80.7 Å². The Labute approximate surface area is 259 Å². The molecule has 2 heterocycles. The van der Waals surface area contributed by atoms with E-state index in [-0.39, 0.29) is 5.41 Å². The fourth-order valence-corrected chi connectivity index (χ4v) is 8.72. The number of hydrogen-bond donors (Lipinski definition) is 0. The molecule has 2 heteroatoms. The monoisotopic (exact) mass is 573 g/mol. The number of para-hydroxylation sites is 2. The number of nitrogens with zero attached hydrogens (tertiary/aromatic N) is 1. The summed E-state index contributed by atoms with van der Waals surface area (Å²) in [5, 5.41) is 7.49. The summed E-state index contributed by atoms with van der Waals surface area (Å²) in [4.78, 5) is 0. The average molecular weight is 574 g/mol. The molecule has 11 rings (SSSR count). The van der Waals surface area contributed by atoms with Gasteiger partial charge in [0, 0.05) is 37.9 Å². The van der Waals surface area contributed by atoms with Crippen molar-refractivity contribution in [2.24, 2.45) is 0 Å². The van der Waals surface area contributed by atoms with E-state index in [0.717, 1.165) is 11.2 Å². The Morgan fingerprint density at radius 2 is 1.24 bits per heavy atom. The van der Waals surface area contributed by atoms with Gasteiger partial charge in [0.05, 0.1) is 16.7 Å². The minimum atomic E-state index is -0.0665. The van der Waals surface area contributed by atoms with Crippen molar-refractivity contribution in [3.05, 3.63) is 139 Å². The van der Waals surface area contributed by atoms with Crippen LogP contribution in [0.3, 0.4) is 0 Å². The Hall–Kier alpha value is -5.60. The summed E-state index contributed by atoms with van der Waals surface area (Å²) in [5.74, 6) is 0. The lowest BCUT2D eigenvalue weighted by molar-refractivity contribution is 0.661. The third-order valence-electron chi connectivity index (χ3n) is 10.7. The first-order valence-corrected chi connectivity index (χ1v) is 15.8. The Morgan fingerprint density at radius 3 is 2.18 bits per heavy atom. The Morgan fingerprint density at radius 1 is 0.489 bits per heavy atom. The van der Waals surface area contributed by atoms with Gasteiger partial charge in [0.1, 0.15) is 11.2 Å². The summed E-state index contributed by atoms with van der Waals surface area (Å²) in [6.07, 6.45) is 0. The molecule has 0 saturated heterocycles. The van der Waals surface area contributed by atoms with Crippen molar-refractivity contribution in [1.29, 1.82) is 0 Å². The van der Waals surface area contributed by atoms with Crippen LogP contribution in [0.1, 0.15) is 25.0 Å². The van der Waals surface area contributed by atoms with E-state index in [1.165, 1.54) is 93.5 Å².